The van der Waals surface area contributed by atoms with Gasteiger partial charge in [-0.3, -0.25) is 10.1 Å². The molecule has 1 aromatic heterocycles. The summed E-state index contributed by atoms with van der Waals surface area (Å²) in [7, 11) is 3.05. The second-order valence-electron chi connectivity index (χ2n) is 6.05. The highest BCUT2D eigenvalue weighted by molar-refractivity contribution is 7.17. The van der Waals surface area contributed by atoms with E-state index in [1.54, 1.807) is 49.4 Å². The molecule has 3 N–H and O–H groups in total. The topological polar surface area (TPSA) is 102 Å². The fourth-order valence-electron chi connectivity index (χ4n) is 2.59. The number of ether oxygens (including phenoxy) is 2. The lowest BCUT2D eigenvalue weighted by Crippen LogP contribution is -2.19. The molecular weight excluding hydrogens is 428 g/mol. The van der Waals surface area contributed by atoms with E-state index in [0.717, 1.165) is 11.3 Å². The molecule has 156 valence electrons. The molecule has 3 amide bonds. The Morgan fingerprint density at radius 1 is 0.967 bits per heavy atom. The fourth-order valence-corrected chi connectivity index (χ4v) is 3.64. The van der Waals surface area contributed by atoms with E-state index < -0.39 is 6.03 Å². The molecule has 3 aromatic rings. The van der Waals surface area contributed by atoms with Crippen molar-refractivity contribution in [2.75, 3.05) is 30.2 Å². The standard InChI is InChI=1S/C20H19ClN4O4S/c1-11-17(18(26)23-14-7-8-15(28-2)16(10-14)29-3)30-20(22-11)25-19(27)24-13-6-4-5-12(21)9-13/h4-10H,1-3H3,(H,23,26)(H2,22,24,25,27). The highest BCUT2D eigenvalue weighted by Gasteiger charge is 2.17. The summed E-state index contributed by atoms with van der Waals surface area (Å²) in [5.74, 6) is 0.707. The van der Waals surface area contributed by atoms with Crippen LogP contribution in [0.1, 0.15) is 15.4 Å². The molecule has 30 heavy (non-hydrogen) atoms. The largest absolute Gasteiger partial charge is 0.493 e. The van der Waals surface area contributed by atoms with Crippen LogP contribution in [0, 0.1) is 6.92 Å². The first-order chi connectivity index (χ1) is 14.4. The number of rotatable bonds is 6. The second kappa shape index (κ2) is 9.47. The summed E-state index contributed by atoms with van der Waals surface area (Å²) in [6, 6.07) is 11.3. The number of nitrogens with zero attached hydrogens (tertiary/aromatic N) is 1. The van der Waals surface area contributed by atoms with Gasteiger partial charge in [-0.2, -0.15) is 0 Å². The molecule has 0 saturated heterocycles. The zero-order valence-electron chi connectivity index (χ0n) is 16.4. The van der Waals surface area contributed by atoms with E-state index in [9.17, 15) is 9.59 Å². The molecule has 2 aromatic carbocycles. The molecular formula is C20H19ClN4O4S. The van der Waals surface area contributed by atoms with Crippen molar-refractivity contribution >= 4 is 51.4 Å². The highest BCUT2D eigenvalue weighted by atomic mass is 35.5. The lowest BCUT2D eigenvalue weighted by atomic mass is 10.2. The molecule has 1 heterocycles. The summed E-state index contributed by atoms with van der Waals surface area (Å²) in [6.45, 7) is 1.69. The lowest BCUT2D eigenvalue weighted by molar-refractivity contribution is 0.102. The Bertz CT molecular complexity index is 1090. The molecule has 0 aliphatic rings. The Hall–Kier alpha value is -3.30. The number of urea groups is 1. The Morgan fingerprint density at radius 3 is 2.40 bits per heavy atom. The van der Waals surface area contributed by atoms with Gasteiger partial charge < -0.3 is 20.1 Å². The van der Waals surface area contributed by atoms with Crippen LogP contribution >= 0.6 is 22.9 Å². The number of thiazole rings is 1. The first-order valence-corrected chi connectivity index (χ1v) is 9.93. The molecule has 0 radical (unpaired) electrons. The number of amides is 3. The number of methoxy groups -OCH3 is 2. The van der Waals surface area contributed by atoms with Gasteiger partial charge in [0.1, 0.15) is 4.88 Å². The number of aryl methyl sites for hydroxylation is 1. The van der Waals surface area contributed by atoms with Crippen LogP contribution in [-0.4, -0.2) is 31.1 Å². The van der Waals surface area contributed by atoms with Gasteiger partial charge >= 0.3 is 6.03 Å². The molecule has 0 atom stereocenters. The van der Waals surface area contributed by atoms with Crippen molar-refractivity contribution in [3.8, 4) is 11.5 Å². The maximum atomic E-state index is 12.7. The van der Waals surface area contributed by atoms with Crippen molar-refractivity contribution in [1.29, 1.82) is 0 Å². The molecule has 10 heteroatoms. The molecule has 8 nitrogen and oxygen atoms in total. The minimum absolute atomic E-state index is 0.296. The van der Waals surface area contributed by atoms with Gasteiger partial charge in [-0.1, -0.05) is 29.0 Å². The van der Waals surface area contributed by atoms with Crippen molar-refractivity contribution in [3.05, 3.63) is 58.1 Å². The van der Waals surface area contributed by atoms with Crippen molar-refractivity contribution in [2.45, 2.75) is 6.92 Å². The van der Waals surface area contributed by atoms with Crippen LogP contribution in [0.5, 0.6) is 11.5 Å². The van der Waals surface area contributed by atoms with E-state index in [2.05, 4.69) is 20.9 Å². The smallest absolute Gasteiger partial charge is 0.325 e. The molecule has 0 spiro atoms. The maximum absolute atomic E-state index is 12.7. The SMILES string of the molecule is COc1ccc(NC(=O)c2sc(NC(=O)Nc3cccc(Cl)c3)nc2C)cc1OC. The van der Waals surface area contributed by atoms with Gasteiger partial charge in [0.05, 0.1) is 19.9 Å². The number of benzene rings is 2. The number of halogens is 1. The lowest BCUT2D eigenvalue weighted by Gasteiger charge is -2.10. The van der Waals surface area contributed by atoms with E-state index in [1.807, 2.05) is 0 Å². The number of anilines is 3. The highest BCUT2D eigenvalue weighted by Crippen LogP contribution is 2.31. The number of aromatic nitrogens is 1. The second-order valence-corrected chi connectivity index (χ2v) is 7.48. The van der Waals surface area contributed by atoms with Crippen LogP contribution < -0.4 is 25.4 Å². The number of carbonyl (C=O) groups excluding carboxylic acids is 2. The molecule has 0 aliphatic heterocycles. The molecule has 0 bridgehead atoms. The summed E-state index contributed by atoms with van der Waals surface area (Å²) in [4.78, 5) is 29.5. The van der Waals surface area contributed by atoms with Crippen LogP contribution in [0.2, 0.25) is 5.02 Å². The summed E-state index contributed by atoms with van der Waals surface area (Å²) in [5.41, 5.74) is 1.58. The predicted octanol–water partition coefficient (Wildman–Crippen LogP) is 5.02. The third-order valence-electron chi connectivity index (χ3n) is 3.95. The third kappa shape index (κ3) is 5.19. The van der Waals surface area contributed by atoms with Crippen LogP contribution in [0.3, 0.4) is 0 Å². The first kappa shape index (κ1) is 21.4. The van der Waals surface area contributed by atoms with E-state index in [4.69, 9.17) is 21.1 Å². The molecule has 0 aliphatic carbocycles. The zero-order valence-corrected chi connectivity index (χ0v) is 18.0. The molecule has 0 unspecified atom stereocenters. The molecule has 0 fully saturated rings. The molecule has 3 rings (SSSR count). The van der Waals surface area contributed by atoms with Crippen molar-refractivity contribution in [2.24, 2.45) is 0 Å². The number of nitrogens with one attached hydrogen (secondary N) is 3. The van der Waals surface area contributed by atoms with Crippen LogP contribution in [0.4, 0.5) is 21.3 Å². The normalized spacial score (nSPS) is 10.3. The minimum Gasteiger partial charge on any atom is -0.493 e. The average Bonchev–Trinajstić information content (AvgIpc) is 3.07. The van der Waals surface area contributed by atoms with Crippen LogP contribution in [0.25, 0.3) is 0 Å². The van der Waals surface area contributed by atoms with E-state index in [0.29, 0.717) is 43.6 Å². The van der Waals surface area contributed by atoms with Gasteiger partial charge in [-0.05, 0) is 37.3 Å². The number of hydrogen-bond acceptors (Lipinski definition) is 6. The zero-order chi connectivity index (χ0) is 21.7. The predicted molar refractivity (Wildman–Crippen MR) is 118 cm³/mol. The van der Waals surface area contributed by atoms with Crippen LogP contribution in [0.15, 0.2) is 42.5 Å². The van der Waals surface area contributed by atoms with E-state index >= 15 is 0 Å². The summed E-state index contributed by atoms with van der Waals surface area (Å²) in [5, 5.41) is 8.87. The van der Waals surface area contributed by atoms with Crippen molar-refractivity contribution in [1.82, 2.24) is 4.98 Å². The maximum Gasteiger partial charge on any atom is 0.325 e. The Labute approximate surface area is 182 Å². The van der Waals surface area contributed by atoms with Gasteiger partial charge in [0, 0.05) is 22.5 Å². The van der Waals surface area contributed by atoms with Gasteiger partial charge in [-0.25, -0.2) is 9.78 Å². The van der Waals surface area contributed by atoms with E-state index in [-0.39, 0.29) is 5.91 Å². The molecule has 0 saturated carbocycles. The first-order valence-electron chi connectivity index (χ1n) is 8.74. The van der Waals surface area contributed by atoms with Crippen molar-refractivity contribution in [3.63, 3.8) is 0 Å². The Balaban J connectivity index is 1.68. The average molecular weight is 447 g/mol. The summed E-state index contributed by atoms with van der Waals surface area (Å²) >= 11 is 6.98. The Kier molecular flexibility index (Phi) is 6.76. The van der Waals surface area contributed by atoms with Crippen LogP contribution in [-0.2, 0) is 0 Å². The summed E-state index contributed by atoms with van der Waals surface area (Å²) in [6.07, 6.45) is 0. The minimum atomic E-state index is -0.488. The van der Waals surface area contributed by atoms with Gasteiger partial charge in [-0.15, -0.1) is 0 Å². The van der Waals surface area contributed by atoms with E-state index in [1.165, 1.54) is 14.2 Å². The third-order valence-corrected chi connectivity index (χ3v) is 5.25. The van der Waals surface area contributed by atoms with Gasteiger partial charge in [0.25, 0.3) is 5.91 Å². The summed E-state index contributed by atoms with van der Waals surface area (Å²) < 4.78 is 10.4. The van der Waals surface area contributed by atoms with Gasteiger partial charge in [0.15, 0.2) is 16.6 Å². The van der Waals surface area contributed by atoms with Crippen molar-refractivity contribution < 1.29 is 19.1 Å². The van der Waals surface area contributed by atoms with Gasteiger partial charge in [0.2, 0.25) is 0 Å². The monoisotopic (exact) mass is 446 g/mol. The number of hydrogen-bond donors (Lipinski definition) is 3. The Morgan fingerprint density at radius 2 is 1.70 bits per heavy atom. The quantitative estimate of drug-likeness (QED) is 0.493. The fraction of sp³-hybridized carbons (Fsp3) is 0.150. The number of carbonyl (C=O) groups is 2.